The van der Waals surface area contributed by atoms with Gasteiger partial charge in [-0.1, -0.05) is 33.8 Å². The second-order valence-electron chi connectivity index (χ2n) is 5.50. The van der Waals surface area contributed by atoms with Crippen molar-refractivity contribution < 1.29 is 0 Å². The first-order valence-corrected chi connectivity index (χ1v) is 9.47. The van der Waals surface area contributed by atoms with E-state index < -0.39 is 0 Å². The van der Waals surface area contributed by atoms with Crippen LogP contribution in [0.2, 0.25) is 0 Å². The molecule has 26 heavy (non-hydrogen) atoms. The van der Waals surface area contributed by atoms with Crippen molar-refractivity contribution in [3.05, 3.63) is 42.5 Å². The quantitative estimate of drug-likeness (QED) is 0.631. The molecule has 2 N–H and O–H groups in total. The van der Waals surface area contributed by atoms with Crippen LogP contribution in [0, 0.1) is 0 Å². The van der Waals surface area contributed by atoms with E-state index >= 15 is 0 Å². The van der Waals surface area contributed by atoms with Gasteiger partial charge in [0.15, 0.2) is 0 Å². The van der Waals surface area contributed by atoms with Crippen LogP contribution in [-0.4, -0.2) is 33.3 Å². The van der Waals surface area contributed by atoms with Gasteiger partial charge in [0.25, 0.3) is 0 Å². The molecule has 0 fully saturated rings. The van der Waals surface area contributed by atoms with Crippen molar-refractivity contribution in [1.82, 2.24) is 25.1 Å². The third-order valence-electron chi connectivity index (χ3n) is 3.85. The SMILES string of the molecule is CC.CC.CNCC/C=C(\C)c1cnc2[nH]cc(-c3cnn(C)c3)c2c1. The molecule has 0 saturated heterocycles. The monoisotopic (exact) mass is 355 g/mol. The van der Waals surface area contributed by atoms with Crippen LogP contribution in [0.25, 0.3) is 27.7 Å². The van der Waals surface area contributed by atoms with Crippen molar-refractivity contribution >= 4 is 16.6 Å². The Balaban J connectivity index is 0.000000791. The van der Waals surface area contributed by atoms with Crippen LogP contribution < -0.4 is 5.32 Å². The smallest absolute Gasteiger partial charge is 0.137 e. The van der Waals surface area contributed by atoms with Gasteiger partial charge in [0.1, 0.15) is 5.65 Å². The van der Waals surface area contributed by atoms with Gasteiger partial charge >= 0.3 is 0 Å². The summed E-state index contributed by atoms with van der Waals surface area (Å²) in [5, 5.41) is 8.54. The Bertz CT molecular complexity index is 811. The van der Waals surface area contributed by atoms with Crippen LogP contribution in [0.15, 0.2) is 36.9 Å². The molecule has 3 aromatic rings. The standard InChI is InChI=1S/C17H21N5.2C2H6/c1-12(5-4-6-18-2)13-7-15-16(10-20-17(15)19-8-13)14-9-21-22(3)11-14;2*1-2/h5,7-11,18H,4,6H2,1-3H3,(H,19,20);2*1-2H3/b12-5+;;. The normalized spacial score (nSPS) is 10.8. The Morgan fingerprint density at radius 2 is 1.96 bits per heavy atom. The van der Waals surface area contributed by atoms with Crippen molar-refractivity contribution in [3.8, 4) is 11.1 Å². The molecule has 142 valence electrons. The summed E-state index contributed by atoms with van der Waals surface area (Å²) >= 11 is 0. The number of pyridine rings is 1. The van der Waals surface area contributed by atoms with Crippen molar-refractivity contribution in [2.75, 3.05) is 13.6 Å². The minimum atomic E-state index is 0.908. The van der Waals surface area contributed by atoms with Crippen molar-refractivity contribution in [2.24, 2.45) is 7.05 Å². The van der Waals surface area contributed by atoms with E-state index in [9.17, 15) is 0 Å². The number of hydrogen-bond acceptors (Lipinski definition) is 3. The highest BCUT2D eigenvalue weighted by molar-refractivity contribution is 5.94. The van der Waals surface area contributed by atoms with E-state index in [0.29, 0.717) is 0 Å². The zero-order valence-corrected chi connectivity index (χ0v) is 17.2. The fraction of sp³-hybridized carbons (Fsp3) is 0.429. The lowest BCUT2D eigenvalue weighted by atomic mass is 10.0. The largest absolute Gasteiger partial charge is 0.346 e. The Morgan fingerprint density at radius 1 is 1.23 bits per heavy atom. The molecule has 0 radical (unpaired) electrons. The summed E-state index contributed by atoms with van der Waals surface area (Å²) in [5.74, 6) is 0. The number of nitrogens with one attached hydrogen (secondary N) is 2. The Labute approximate surface area is 157 Å². The van der Waals surface area contributed by atoms with Gasteiger partial charge in [-0.15, -0.1) is 0 Å². The predicted molar refractivity (Wildman–Crippen MR) is 113 cm³/mol. The third-order valence-corrected chi connectivity index (χ3v) is 3.85. The lowest BCUT2D eigenvalue weighted by Crippen LogP contribution is -2.05. The number of fused-ring (bicyclic) bond motifs is 1. The third kappa shape index (κ3) is 5.30. The molecule has 0 saturated carbocycles. The Morgan fingerprint density at radius 3 is 2.58 bits per heavy atom. The van der Waals surface area contributed by atoms with Crippen LogP contribution in [0.4, 0.5) is 0 Å². The van der Waals surface area contributed by atoms with E-state index in [-0.39, 0.29) is 0 Å². The average Bonchev–Trinajstić information content (AvgIpc) is 3.30. The lowest BCUT2D eigenvalue weighted by Gasteiger charge is -2.03. The molecule has 0 unspecified atom stereocenters. The van der Waals surface area contributed by atoms with Gasteiger partial charge < -0.3 is 10.3 Å². The van der Waals surface area contributed by atoms with Crippen LogP contribution in [0.1, 0.15) is 46.6 Å². The second kappa shape index (κ2) is 11.3. The van der Waals surface area contributed by atoms with Crippen LogP contribution in [0.5, 0.6) is 0 Å². The van der Waals surface area contributed by atoms with E-state index in [2.05, 4.69) is 39.4 Å². The maximum atomic E-state index is 4.54. The summed E-state index contributed by atoms with van der Waals surface area (Å²) in [6.45, 7) is 11.1. The maximum Gasteiger partial charge on any atom is 0.137 e. The number of hydrogen-bond donors (Lipinski definition) is 2. The Hall–Kier alpha value is -2.40. The van der Waals surface area contributed by atoms with E-state index in [1.807, 2.05) is 71.3 Å². The summed E-state index contributed by atoms with van der Waals surface area (Å²) < 4.78 is 1.81. The van der Waals surface area contributed by atoms with Crippen LogP contribution in [-0.2, 0) is 7.05 Å². The molecule has 0 amide bonds. The number of aromatic amines is 1. The summed E-state index contributed by atoms with van der Waals surface area (Å²) in [6, 6.07) is 2.20. The lowest BCUT2D eigenvalue weighted by molar-refractivity contribution is 0.768. The van der Waals surface area contributed by atoms with E-state index in [1.54, 1.807) is 0 Å². The van der Waals surface area contributed by atoms with Crippen LogP contribution >= 0.6 is 0 Å². The number of rotatable bonds is 5. The molecule has 5 nitrogen and oxygen atoms in total. The van der Waals surface area contributed by atoms with Gasteiger partial charge in [-0.3, -0.25) is 4.68 Å². The molecule has 0 aliphatic rings. The van der Waals surface area contributed by atoms with Gasteiger partial charge in [0.2, 0.25) is 0 Å². The van der Waals surface area contributed by atoms with Crippen molar-refractivity contribution in [1.29, 1.82) is 0 Å². The first kappa shape index (κ1) is 21.6. The number of aryl methyl sites for hydroxylation is 1. The zero-order valence-electron chi connectivity index (χ0n) is 17.2. The molecule has 0 aliphatic carbocycles. The summed E-state index contributed by atoms with van der Waals surface area (Å²) in [6.07, 6.45) is 11.1. The van der Waals surface area contributed by atoms with E-state index in [0.717, 1.165) is 40.7 Å². The minimum absolute atomic E-state index is 0.908. The molecular formula is C21H33N5. The van der Waals surface area contributed by atoms with E-state index in [4.69, 9.17) is 0 Å². The minimum Gasteiger partial charge on any atom is -0.346 e. The van der Waals surface area contributed by atoms with Gasteiger partial charge in [-0.25, -0.2) is 4.98 Å². The predicted octanol–water partition coefficient (Wildman–Crippen LogP) is 5.03. The highest BCUT2D eigenvalue weighted by Gasteiger charge is 2.10. The fourth-order valence-electron chi connectivity index (χ4n) is 2.57. The Kier molecular flexibility index (Phi) is 9.37. The first-order valence-electron chi connectivity index (χ1n) is 9.47. The number of aromatic nitrogens is 4. The fourth-order valence-corrected chi connectivity index (χ4v) is 2.57. The molecule has 5 heteroatoms. The van der Waals surface area contributed by atoms with Crippen molar-refractivity contribution in [3.63, 3.8) is 0 Å². The zero-order chi connectivity index (χ0) is 19.5. The topological polar surface area (TPSA) is 58.5 Å². The number of allylic oxidation sites excluding steroid dienone is 1. The van der Waals surface area contributed by atoms with Gasteiger partial charge in [-0.05, 0) is 44.1 Å². The molecule has 0 aliphatic heterocycles. The van der Waals surface area contributed by atoms with Crippen LogP contribution in [0.3, 0.4) is 0 Å². The molecule has 0 bridgehead atoms. The number of H-pyrrole nitrogens is 1. The molecule has 0 spiro atoms. The highest BCUT2D eigenvalue weighted by Crippen LogP contribution is 2.29. The molecule has 0 atom stereocenters. The van der Waals surface area contributed by atoms with Gasteiger partial charge in [0.05, 0.1) is 6.20 Å². The summed E-state index contributed by atoms with van der Waals surface area (Å²) in [5.41, 5.74) is 5.56. The molecule has 3 rings (SSSR count). The first-order chi connectivity index (χ1) is 12.7. The molecule has 0 aromatic carbocycles. The van der Waals surface area contributed by atoms with Gasteiger partial charge in [0, 0.05) is 42.2 Å². The number of nitrogens with zero attached hydrogens (tertiary/aromatic N) is 3. The molecule has 3 heterocycles. The summed E-state index contributed by atoms with van der Waals surface area (Å²) in [4.78, 5) is 7.78. The van der Waals surface area contributed by atoms with Gasteiger partial charge in [-0.2, -0.15) is 5.10 Å². The van der Waals surface area contributed by atoms with Crippen molar-refractivity contribution in [2.45, 2.75) is 41.0 Å². The van der Waals surface area contributed by atoms with E-state index in [1.165, 1.54) is 5.57 Å². The summed E-state index contributed by atoms with van der Waals surface area (Å²) in [7, 11) is 3.90. The molecule has 3 aromatic heterocycles. The molecular weight excluding hydrogens is 322 g/mol. The highest BCUT2D eigenvalue weighted by atomic mass is 15.2. The maximum absolute atomic E-state index is 4.54. The second-order valence-corrected chi connectivity index (χ2v) is 5.50. The average molecular weight is 356 g/mol.